The molecule has 7 heteroatoms. The molecule has 0 saturated carbocycles. The molecule has 2 atom stereocenters. The first-order valence-corrected chi connectivity index (χ1v) is 8.07. The van der Waals surface area contributed by atoms with Gasteiger partial charge in [-0.3, -0.25) is 14.3 Å². The fraction of sp³-hybridized carbons (Fsp3) is 0.688. The zero-order chi connectivity index (χ0) is 16.8. The zero-order valence-electron chi connectivity index (χ0n) is 14.1. The molecule has 1 aromatic rings. The number of likely N-dealkylation sites (tertiary alicyclic amines) is 1. The van der Waals surface area contributed by atoms with Crippen molar-refractivity contribution >= 4 is 11.8 Å². The van der Waals surface area contributed by atoms with Crippen molar-refractivity contribution in [2.75, 3.05) is 20.7 Å². The molecule has 128 valence electrons. The van der Waals surface area contributed by atoms with Crippen LogP contribution in [-0.4, -0.2) is 59.3 Å². The Kier molecular flexibility index (Phi) is 6.15. The Labute approximate surface area is 137 Å². The highest BCUT2D eigenvalue weighted by Crippen LogP contribution is 2.24. The minimum Gasteiger partial charge on any atom is -0.379 e. The van der Waals surface area contributed by atoms with Crippen molar-refractivity contribution in [1.29, 1.82) is 0 Å². The van der Waals surface area contributed by atoms with Crippen molar-refractivity contribution in [2.24, 2.45) is 0 Å². The van der Waals surface area contributed by atoms with E-state index in [1.54, 1.807) is 25.0 Å². The number of aryl methyl sites for hydroxylation is 1. The van der Waals surface area contributed by atoms with Crippen molar-refractivity contribution in [1.82, 2.24) is 20.0 Å². The molecular weight excluding hydrogens is 296 g/mol. The second-order valence-corrected chi connectivity index (χ2v) is 6.00. The van der Waals surface area contributed by atoms with E-state index in [0.717, 1.165) is 18.4 Å². The average molecular weight is 322 g/mol. The predicted octanol–water partition coefficient (Wildman–Crippen LogP) is 0.724. The number of amides is 2. The maximum absolute atomic E-state index is 12.7. The molecule has 1 aliphatic heterocycles. The van der Waals surface area contributed by atoms with Gasteiger partial charge in [0.25, 0.3) is 0 Å². The summed E-state index contributed by atoms with van der Waals surface area (Å²) >= 11 is 0. The molecule has 0 spiro atoms. The van der Waals surface area contributed by atoms with Crippen molar-refractivity contribution in [3.63, 3.8) is 0 Å². The standard InChI is InChI=1S/C16H26N4O3/c1-12-9-18-19(10-12)11-16(22)20-8-4-5-14(23-3)13(20)6-7-15(21)17-2/h9-10,13-14H,4-8,11H2,1-3H3,(H,17,21)/t13-,14-/m0/s1. The molecule has 0 bridgehead atoms. The normalized spacial score (nSPS) is 21.3. The summed E-state index contributed by atoms with van der Waals surface area (Å²) in [5.41, 5.74) is 1.03. The average Bonchev–Trinajstić information content (AvgIpc) is 2.96. The molecule has 1 fully saturated rings. The minimum absolute atomic E-state index is 0.0134. The highest BCUT2D eigenvalue weighted by Gasteiger charge is 2.34. The van der Waals surface area contributed by atoms with E-state index in [2.05, 4.69) is 10.4 Å². The SMILES string of the molecule is CNC(=O)CC[C@H]1[C@@H](OC)CCCN1C(=O)Cn1cc(C)cn1. The molecule has 0 aromatic carbocycles. The van der Waals surface area contributed by atoms with Crippen molar-refractivity contribution in [3.8, 4) is 0 Å². The molecule has 0 radical (unpaired) electrons. The Morgan fingerprint density at radius 2 is 2.26 bits per heavy atom. The van der Waals surface area contributed by atoms with Crippen LogP contribution in [0.4, 0.5) is 0 Å². The minimum atomic E-state index is -0.0600. The van der Waals surface area contributed by atoms with Crippen LogP contribution in [0.3, 0.4) is 0 Å². The summed E-state index contributed by atoms with van der Waals surface area (Å²) in [6.45, 7) is 2.88. The van der Waals surface area contributed by atoms with E-state index >= 15 is 0 Å². The number of carbonyl (C=O) groups excluding carboxylic acids is 2. The summed E-state index contributed by atoms with van der Waals surface area (Å²) in [5, 5.41) is 6.80. The van der Waals surface area contributed by atoms with Gasteiger partial charge in [0, 0.05) is 33.3 Å². The molecule has 2 rings (SSSR count). The lowest BCUT2D eigenvalue weighted by molar-refractivity contribution is -0.141. The number of methoxy groups -OCH3 is 1. The first kappa shape index (κ1) is 17.5. The summed E-state index contributed by atoms with van der Waals surface area (Å²) in [4.78, 5) is 26.1. The highest BCUT2D eigenvalue weighted by molar-refractivity contribution is 5.77. The molecule has 2 heterocycles. The van der Waals surface area contributed by atoms with Crippen LogP contribution in [0.1, 0.15) is 31.2 Å². The Balaban J connectivity index is 2.05. The summed E-state index contributed by atoms with van der Waals surface area (Å²) in [7, 11) is 3.29. The molecule has 1 N–H and O–H groups in total. The highest BCUT2D eigenvalue weighted by atomic mass is 16.5. The monoisotopic (exact) mass is 322 g/mol. The largest absolute Gasteiger partial charge is 0.379 e. The lowest BCUT2D eigenvalue weighted by atomic mass is 9.94. The number of nitrogens with one attached hydrogen (secondary N) is 1. The van der Waals surface area contributed by atoms with Gasteiger partial charge in [-0.05, 0) is 31.7 Å². The van der Waals surface area contributed by atoms with E-state index in [9.17, 15) is 9.59 Å². The van der Waals surface area contributed by atoms with Crippen LogP contribution in [0.2, 0.25) is 0 Å². The van der Waals surface area contributed by atoms with Gasteiger partial charge in [0.1, 0.15) is 6.54 Å². The van der Waals surface area contributed by atoms with Gasteiger partial charge >= 0.3 is 0 Å². The van der Waals surface area contributed by atoms with E-state index in [0.29, 0.717) is 19.4 Å². The Hall–Kier alpha value is -1.89. The fourth-order valence-electron chi connectivity index (χ4n) is 3.13. The summed E-state index contributed by atoms with van der Waals surface area (Å²) in [5.74, 6) is 0.0114. The summed E-state index contributed by atoms with van der Waals surface area (Å²) in [6.07, 6.45) is 6.42. The Morgan fingerprint density at radius 3 is 2.87 bits per heavy atom. The number of hydrogen-bond acceptors (Lipinski definition) is 4. The number of piperidine rings is 1. The van der Waals surface area contributed by atoms with Crippen molar-refractivity contribution in [3.05, 3.63) is 18.0 Å². The molecule has 2 amide bonds. The first-order valence-electron chi connectivity index (χ1n) is 8.07. The van der Waals surface area contributed by atoms with Crippen LogP contribution in [-0.2, 0) is 20.9 Å². The van der Waals surface area contributed by atoms with Gasteiger partial charge in [0.2, 0.25) is 11.8 Å². The van der Waals surface area contributed by atoms with E-state index in [4.69, 9.17) is 4.74 Å². The second kappa shape index (κ2) is 8.10. The number of rotatable bonds is 6. The molecular formula is C16H26N4O3. The number of hydrogen-bond donors (Lipinski definition) is 1. The van der Waals surface area contributed by atoms with Gasteiger partial charge < -0.3 is 15.0 Å². The van der Waals surface area contributed by atoms with Crippen LogP contribution in [0.5, 0.6) is 0 Å². The molecule has 7 nitrogen and oxygen atoms in total. The van der Waals surface area contributed by atoms with Gasteiger partial charge in [-0.15, -0.1) is 0 Å². The Morgan fingerprint density at radius 1 is 1.48 bits per heavy atom. The fourth-order valence-corrected chi connectivity index (χ4v) is 3.13. The molecule has 1 saturated heterocycles. The third kappa shape index (κ3) is 4.54. The van der Waals surface area contributed by atoms with Gasteiger partial charge in [-0.2, -0.15) is 5.10 Å². The van der Waals surface area contributed by atoms with Crippen LogP contribution >= 0.6 is 0 Å². The third-order valence-corrected chi connectivity index (χ3v) is 4.35. The van der Waals surface area contributed by atoms with E-state index in [-0.39, 0.29) is 30.5 Å². The lowest BCUT2D eigenvalue weighted by Gasteiger charge is -2.40. The molecule has 1 aliphatic rings. The van der Waals surface area contributed by atoms with Crippen LogP contribution in [0, 0.1) is 6.92 Å². The van der Waals surface area contributed by atoms with Gasteiger partial charge in [-0.1, -0.05) is 0 Å². The van der Waals surface area contributed by atoms with Gasteiger partial charge in [0.05, 0.1) is 18.3 Å². The molecule has 23 heavy (non-hydrogen) atoms. The van der Waals surface area contributed by atoms with Crippen LogP contribution in [0.15, 0.2) is 12.4 Å². The Bertz CT molecular complexity index is 543. The van der Waals surface area contributed by atoms with E-state index in [1.807, 2.05) is 18.0 Å². The zero-order valence-corrected chi connectivity index (χ0v) is 14.1. The summed E-state index contributed by atoms with van der Waals surface area (Å²) < 4.78 is 7.21. The number of ether oxygens (including phenoxy) is 1. The molecule has 0 unspecified atom stereocenters. The van der Waals surface area contributed by atoms with Crippen LogP contribution < -0.4 is 5.32 Å². The van der Waals surface area contributed by atoms with Gasteiger partial charge in [0.15, 0.2) is 0 Å². The molecule has 1 aromatic heterocycles. The smallest absolute Gasteiger partial charge is 0.244 e. The van der Waals surface area contributed by atoms with Crippen molar-refractivity contribution in [2.45, 2.75) is 51.3 Å². The number of carbonyl (C=O) groups is 2. The van der Waals surface area contributed by atoms with Crippen LogP contribution in [0.25, 0.3) is 0 Å². The van der Waals surface area contributed by atoms with Gasteiger partial charge in [-0.25, -0.2) is 0 Å². The maximum Gasteiger partial charge on any atom is 0.244 e. The first-order chi connectivity index (χ1) is 11.0. The number of aromatic nitrogens is 2. The quantitative estimate of drug-likeness (QED) is 0.837. The van der Waals surface area contributed by atoms with E-state index < -0.39 is 0 Å². The number of nitrogens with zero attached hydrogens (tertiary/aromatic N) is 3. The predicted molar refractivity (Wildman–Crippen MR) is 85.8 cm³/mol. The van der Waals surface area contributed by atoms with Crippen molar-refractivity contribution < 1.29 is 14.3 Å². The topological polar surface area (TPSA) is 76.5 Å². The maximum atomic E-state index is 12.7. The summed E-state index contributed by atoms with van der Waals surface area (Å²) in [6, 6.07) is -0.0600. The third-order valence-electron chi connectivity index (χ3n) is 4.35. The molecule has 0 aliphatic carbocycles. The lowest BCUT2D eigenvalue weighted by Crippen LogP contribution is -2.52. The van der Waals surface area contributed by atoms with E-state index in [1.165, 1.54) is 0 Å². The second-order valence-electron chi connectivity index (χ2n) is 6.00.